The van der Waals surface area contributed by atoms with E-state index >= 15 is 0 Å². The summed E-state index contributed by atoms with van der Waals surface area (Å²) in [4.78, 5) is 21.2. The molecule has 0 aliphatic rings. The van der Waals surface area contributed by atoms with Crippen molar-refractivity contribution in [2.75, 3.05) is 122 Å². The average Bonchev–Trinajstić information content (AvgIpc) is 0.831. The molecule has 626 valence electrons. The summed E-state index contributed by atoms with van der Waals surface area (Å²) in [6, 6.07) is 25.9. The summed E-state index contributed by atoms with van der Waals surface area (Å²) in [7, 11) is 3.25. The van der Waals surface area contributed by atoms with Gasteiger partial charge < -0.3 is 83.0 Å². The highest BCUT2D eigenvalue weighted by Gasteiger charge is 2.26. The van der Waals surface area contributed by atoms with Gasteiger partial charge in [0.05, 0.1) is 96.5 Å². The molecule has 5 aromatic carbocycles. The molecule has 0 radical (unpaired) electrons. The zero-order chi connectivity index (χ0) is 85.2. The highest BCUT2D eigenvalue weighted by molar-refractivity contribution is 6.46. The van der Waals surface area contributed by atoms with Gasteiger partial charge in [0.25, 0.3) is 0 Å². The largest absolute Gasteiger partial charge is 0.396 e. The summed E-state index contributed by atoms with van der Waals surface area (Å²) >= 11 is 60.8. The predicted molar refractivity (Wildman–Crippen MR) is 454 cm³/mol. The normalized spacial score (nSPS) is 11.4. The molecule has 0 fully saturated rings. The number of anilines is 5. The standard InChI is InChI=1S/C17H22Cl2N4O3.C16H20Cl2N4O2.C15H18Cl2N4O3.C14H16Cl2N4O.C13H14Cl2N4O2/c1-24-9-11(10-25-2)26-8-4-7-14-21-17(20)16(23-22-14)12-5-3-6-13(18)15(12)19;1-16(2,9-24-7-6-23)8-12-20-15(19)14(22-21-12)10-4-3-5-11(17)13(10)18;16-11-4-1-3-10(13(11)17)14-15(18)19-12(20-21-14)5-2-6-24-9(7-22)8-23;1-14(2,7-21)6-10-18-13(17)12(20-19-10)8-4-3-5-9(15)11(8)16;14-9-3-1-2-8(11(9)15)12-13(16)17-10(18-19-12)4-7(5-20)6-21/h3,5-6,11H,4,7-10H2,1-2H3,(H2,20,21,22);3-5,23H,6-9H2,1-2H3,(H2,19,20,21);1,3-4,9,22-23H,2,5-8H2,(H2,18,19,20);3-5,21H,6-7H2,1-2H3,(H2,17,18,19);1-3,7,20-21H,4-6H2,(H2,16,17,18). The van der Waals surface area contributed by atoms with Crippen LogP contribution in [0.2, 0.25) is 50.2 Å². The van der Waals surface area contributed by atoms with Crippen LogP contribution in [0.25, 0.3) is 56.3 Å². The second-order valence-electron chi connectivity index (χ2n) is 26.8. The molecule has 41 heteroatoms. The highest BCUT2D eigenvalue weighted by Crippen LogP contribution is 2.40. The predicted octanol–water partition coefficient (Wildman–Crippen LogP) is 12.3. The zero-order valence-corrected chi connectivity index (χ0v) is 71.5. The third-order valence-corrected chi connectivity index (χ3v) is 20.2. The van der Waals surface area contributed by atoms with E-state index < -0.39 is 6.10 Å². The van der Waals surface area contributed by atoms with Crippen LogP contribution in [-0.2, 0) is 55.8 Å². The number of nitrogens with zero attached hydrogens (tertiary/aromatic N) is 15. The number of methoxy groups -OCH3 is 2. The van der Waals surface area contributed by atoms with E-state index in [9.17, 15) is 5.11 Å². The van der Waals surface area contributed by atoms with Crippen LogP contribution >= 0.6 is 116 Å². The monoisotopic (exact) mass is 1800 g/mol. The lowest BCUT2D eigenvalue weighted by Crippen LogP contribution is -2.25. The molecule has 0 amide bonds. The van der Waals surface area contributed by atoms with Gasteiger partial charge in [0, 0.05) is 113 Å². The third kappa shape index (κ3) is 30.1. The third-order valence-electron chi connectivity index (χ3n) is 16.1. The van der Waals surface area contributed by atoms with E-state index in [1.165, 1.54) is 0 Å². The first kappa shape index (κ1) is 97.4. The lowest BCUT2D eigenvalue weighted by molar-refractivity contribution is -0.0417. The maximum Gasteiger partial charge on any atom is 0.154 e. The zero-order valence-electron chi connectivity index (χ0n) is 63.9. The summed E-state index contributed by atoms with van der Waals surface area (Å²) in [5.74, 6) is 3.15. The maximum atomic E-state index is 9.28. The van der Waals surface area contributed by atoms with Crippen LogP contribution in [0.5, 0.6) is 0 Å². The Bertz CT molecular complexity index is 4760. The Morgan fingerprint density at radius 1 is 0.362 bits per heavy atom. The number of nitrogens with two attached hydrogens (primary N) is 5. The fraction of sp³-hybridized carbons (Fsp3) is 0.400. The highest BCUT2D eigenvalue weighted by atomic mass is 35.5. The molecule has 0 unspecified atom stereocenters. The topological polar surface area (TPSA) is 491 Å². The van der Waals surface area contributed by atoms with Crippen molar-refractivity contribution in [3.8, 4) is 56.3 Å². The van der Waals surface area contributed by atoms with Gasteiger partial charge in [-0.2, -0.15) is 0 Å². The smallest absolute Gasteiger partial charge is 0.154 e. The van der Waals surface area contributed by atoms with Crippen LogP contribution in [-0.4, -0.2) is 212 Å². The molecule has 31 nitrogen and oxygen atoms in total. The van der Waals surface area contributed by atoms with Crippen LogP contribution in [0.15, 0.2) is 91.0 Å². The van der Waals surface area contributed by atoms with Crippen LogP contribution < -0.4 is 28.7 Å². The number of aliphatic hydroxyl groups excluding tert-OH is 6. The Morgan fingerprint density at radius 3 is 0.948 bits per heavy atom. The van der Waals surface area contributed by atoms with E-state index in [2.05, 4.69) is 75.9 Å². The number of rotatable bonds is 34. The van der Waals surface area contributed by atoms with Gasteiger partial charge in [-0.05, 0) is 54.0 Å². The van der Waals surface area contributed by atoms with Gasteiger partial charge in [-0.3, -0.25) is 0 Å². The molecular weight excluding hydrogens is 1710 g/mol. The lowest BCUT2D eigenvalue weighted by atomic mass is 9.90. The molecule has 0 bridgehead atoms. The Hall–Kier alpha value is -7.39. The minimum atomic E-state index is -0.568. The summed E-state index contributed by atoms with van der Waals surface area (Å²) in [6.45, 7) is 9.72. The second kappa shape index (κ2) is 49.2. The summed E-state index contributed by atoms with van der Waals surface area (Å²) in [6.07, 6.45) is 3.06. The fourth-order valence-electron chi connectivity index (χ4n) is 10.2. The van der Waals surface area contributed by atoms with Crippen molar-refractivity contribution in [3.05, 3.63) is 170 Å². The number of aliphatic hydroxyl groups is 6. The fourth-order valence-corrected chi connectivity index (χ4v) is 12.1. The molecule has 0 saturated carbocycles. The first-order valence-electron chi connectivity index (χ1n) is 35.5. The Labute approximate surface area is 720 Å². The summed E-state index contributed by atoms with van der Waals surface area (Å²) in [5.41, 5.74) is 34.2. The van der Waals surface area contributed by atoms with Crippen molar-refractivity contribution in [3.63, 3.8) is 0 Å². The quantitative estimate of drug-likeness (QED) is 0.0167. The number of halogens is 10. The number of nitrogen functional groups attached to an aromatic ring is 5. The van der Waals surface area contributed by atoms with Crippen molar-refractivity contribution >= 4 is 145 Å². The van der Waals surface area contributed by atoms with E-state index in [0.29, 0.717) is 207 Å². The molecule has 10 aromatic rings. The average molecular weight is 1800 g/mol. The van der Waals surface area contributed by atoms with Gasteiger partial charge in [0.2, 0.25) is 0 Å². The van der Waals surface area contributed by atoms with E-state index in [-0.39, 0.29) is 98.0 Å². The molecule has 0 saturated heterocycles. The van der Waals surface area contributed by atoms with Crippen molar-refractivity contribution in [2.45, 2.75) is 84.8 Å². The number of aromatic nitrogens is 15. The van der Waals surface area contributed by atoms with Crippen LogP contribution in [0.1, 0.15) is 69.7 Å². The SMILES string of the molecule is CC(C)(CO)Cc1nnc(-c2cccc(Cl)c2Cl)c(N)n1.CC(C)(COCCO)Cc1nnc(-c2cccc(Cl)c2Cl)c(N)n1.COCC(COC)OCCCc1nnc(-c2cccc(Cl)c2Cl)c(N)n1.Nc1nc(CC(CO)CO)nnc1-c1cccc(Cl)c1Cl.Nc1nc(CCCOC(CO)CO)nnc1-c1cccc(Cl)c1Cl. The molecule has 0 atom stereocenters. The minimum Gasteiger partial charge on any atom is -0.396 e. The van der Waals surface area contributed by atoms with Gasteiger partial charge in [-0.1, -0.05) is 204 Å². The molecular formula is C75H90Cl10N20O11. The maximum absolute atomic E-state index is 9.28. The number of aryl methyl sites for hydroxylation is 2. The molecule has 0 spiro atoms. The van der Waals surface area contributed by atoms with Crippen LogP contribution in [0.3, 0.4) is 0 Å². The van der Waals surface area contributed by atoms with E-state index in [1.54, 1.807) is 105 Å². The van der Waals surface area contributed by atoms with E-state index in [4.69, 9.17) is 194 Å². The second-order valence-corrected chi connectivity index (χ2v) is 30.8. The molecule has 5 aromatic heterocycles. The van der Waals surface area contributed by atoms with Gasteiger partial charge in [-0.25, -0.2) is 24.9 Å². The molecule has 116 heavy (non-hydrogen) atoms. The van der Waals surface area contributed by atoms with Gasteiger partial charge in [-0.15, -0.1) is 51.0 Å². The summed E-state index contributed by atoms with van der Waals surface area (Å²) < 4.78 is 26.5. The molecule has 16 N–H and O–H groups in total. The van der Waals surface area contributed by atoms with Gasteiger partial charge >= 0.3 is 0 Å². The Kier molecular flexibility index (Phi) is 41.4. The summed E-state index contributed by atoms with van der Waals surface area (Å²) in [5, 5.41) is 98.7. The Balaban J connectivity index is 0.000000226. The first-order chi connectivity index (χ1) is 55.4. The number of ether oxygens (including phenoxy) is 5. The molecule has 5 heterocycles. The number of hydrogen-bond donors (Lipinski definition) is 11. The van der Waals surface area contributed by atoms with E-state index in [0.717, 1.165) is 6.42 Å². The lowest BCUT2D eigenvalue weighted by Gasteiger charge is -2.23. The number of hydrogen-bond acceptors (Lipinski definition) is 31. The molecule has 0 aliphatic carbocycles. The molecule has 0 aliphatic heterocycles. The van der Waals surface area contributed by atoms with E-state index in [1.807, 2.05) is 27.7 Å². The molecule has 10 rings (SSSR count). The van der Waals surface area contributed by atoms with Crippen LogP contribution in [0.4, 0.5) is 29.1 Å². The number of benzene rings is 5. The first-order valence-corrected chi connectivity index (χ1v) is 39.3. The van der Waals surface area contributed by atoms with Gasteiger partial charge in [0.15, 0.2) is 58.2 Å². The van der Waals surface area contributed by atoms with Crippen molar-refractivity contribution in [2.24, 2.45) is 16.7 Å². The minimum absolute atomic E-state index is 0.00379. The van der Waals surface area contributed by atoms with Crippen molar-refractivity contribution in [1.82, 2.24) is 75.9 Å². The van der Waals surface area contributed by atoms with Gasteiger partial charge in [0.1, 0.15) is 40.7 Å². The Morgan fingerprint density at radius 2 is 0.655 bits per heavy atom. The van der Waals surface area contributed by atoms with Crippen molar-refractivity contribution < 1.29 is 54.3 Å². The van der Waals surface area contributed by atoms with Crippen LogP contribution in [0, 0.1) is 16.7 Å². The van der Waals surface area contributed by atoms with Crippen molar-refractivity contribution in [1.29, 1.82) is 0 Å².